The zero-order valence-electron chi connectivity index (χ0n) is 10.9. The van der Waals surface area contributed by atoms with Crippen LogP contribution < -0.4 is 0 Å². The van der Waals surface area contributed by atoms with Crippen molar-refractivity contribution in [1.82, 2.24) is 0 Å². The second-order valence-corrected chi connectivity index (χ2v) is 5.27. The molecule has 1 aromatic carbocycles. The molecule has 0 N–H and O–H groups in total. The SMILES string of the molecule is CCC(C)c1ccc(CBr)c(C(C)CC)c1. The van der Waals surface area contributed by atoms with E-state index in [1.54, 1.807) is 0 Å². The molecule has 0 nitrogen and oxygen atoms in total. The molecule has 0 bridgehead atoms. The summed E-state index contributed by atoms with van der Waals surface area (Å²) in [6.45, 7) is 9.15. The normalized spacial score (nSPS) is 14.8. The van der Waals surface area contributed by atoms with Gasteiger partial charge in [0.15, 0.2) is 0 Å². The van der Waals surface area contributed by atoms with Gasteiger partial charge in [0, 0.05) is 5.33 Å². The lowest BCUT2D eigenvalue weighted by Gasteiger charge is -2.17. The third-order valence-electron chi connectivity index (χ3n) is 3.64. The highest BCUT2D eigenvalue weighted by atomic mass is 79.9. The first-order chi connectivity index (χ1) is 7.63. The zero-order chi connectivity index (χ0) is 12.1. The molecule has 0 aliphatic carbocycles. The molecular formula is C15H23Br. The van der Waals surface area contributed by atoms with Crippen molar-refractivity contribution in [3.8, 4) is 0 Å². The van der Waals surface area contributed by atoms with Gasteiger partial charge in [-0.25, -0.2) is 0 Å². The van der Waals surface area contributed by atoms with Crippen molar-refractivity contribution >= 4 is 15.9 Å². The lowest BCUT2D eigenvalue weighted by atomic mass is 9.89. The zero-order valence-corrected chi connectivity index (χ0v) is 12.5. The topological polar surface area (TPSA) is 0 Å². The van der Waals surface area contributed by atoms with E-state index < -0.39 is 0 Å². The maximum Gasteiger partial charge on any atom is 0.0285 e. The number of rotatable bonds is 5. The van der Waals surface area contributed by atoms with Crippen LogP contribution in [0.3, 0.4) is 0 Å². The van der Waals surface area contributed by atoms with Crippen molar-refractivity contribution in [2.75, 3.05) is 0 Å². The molecule has 1 rings (SSSR count). The van der Waals surface area contributed by atoms with E-state index in [9.17, 15) is 0 Å². The first-order valence-electron chi connectivity index (χ1n) is 6.32. The highest BCUT2D eigenvalue weighted by Gasteiger charge is 2.11. The maximum atomic E-state index is 3.58. The smallest absolute Gasteiger partial charge is 0.0285 e. The Morgan fingerprint density at radius 3 is 2.19 bits per heavy atom. The average molecular weight is 283 g/mol. The summed E-state index contributed by atoms with van der Waals surface area (Å²) in [5.74, 6) is 1.34. The molecule has 0 saturated heterocycles. The Morgan fingerprint density at radius 1 is 1.06 bits per heavy atom. The van der Waals surface area contributed by atoms with E-state index >= 15 is 0 Å². The minimum Gasteiger partial charge on any atom is -0.0876 e. The fourth-order valence-electron chi connectivity index (χ4n) is 1.96. The minimum absolute atomic E-state index is 0.663. The Kier molecular flexibility index (Phi) is 5.54. The number of hydrogen-bond donors (Lipinski definition) is 0. The van der Waals surface area contributed by atoms with Crippen molar-refractivity contribution in [2.24, 2.45) is 0 Å². The number of benzene rings is 1. The van der Waals surface area contributed by atoms with Crippen molar-refractivity contribution in [2.45, 2.75) is 57.7 Å². The van der Waals surface area contributed by atoms with Gasteiger partial charge in [-0.05, 0) is 41.4 Å². The summed E-state index contributed by atoms with van der Waals surface area (Å²) in [5.41, 5.74) is 4.46. The van der Waals surface area contributed by atoms with E-state index in [1.165, 1.54) is 29.5 Å². The van der Waals surface area contributed by atoms with Crippen LogP contribution in [0.1, 0.15) is 69.1 Å². The molecule has 0 aliphatic heterocycles. The molecule has 0 radical (unpaired) electrons. The molecule has 0 aliphatic rings. The molecule has 0 spiro atoms. The number of hydrogen-bond acceptors (Lipinski definition) is 0. The monoisotopic (exact) mass is 282 g/mol. The summed E-state index contributed by atoms with van der Waals surface area (Å²) >= 11 is 3.58. The third-order valence-corrected chi connectivity index (χ3v) is 4.24. The van der Waals surface area contributed by atoms with Crippen LogP contribution in [-0.2, 0) is 5.33 Å². The van der Waals surface area contributed by atoms with Gasteiger partial charge in [-0.3, -0.25) is 0 Å². The van der Waals surface area contributed by atoms with Crippen LogP contribution in [0.2, 0.25) is 0 Å². The lowest BCUT2D eigenvalue weighted by Crippen LogP contribution is -2.00. The van der Waals surface area contributed by atoms with Crippen LogP contribution in [0.5, 0.6) is 0 Å². The summed E-state index contributed by atoms with van der Waals surface area (Å²) in [4.78, 5) is 0. The third kappa shape index (κ3) is 3.10. The predicted octanol–water partition coefficient (Wildman–Crippen LogP) is 5.61. The van der Waals surface area contributed by atoms with Crippen molar-refractivity contribution in [3.05, 3.63) is 34.9 Å². The van der Waals surface area contributed by atoms with Gasteiger partial charge in [0.1, 0.15) is 0 Å². The van der Waals surface area contributed by atoms with Gasteiger partial charge in [-0.1, -0.05) is 61.8 Å². The highest BCUT2D eigenvalue weighted by molar-refractivity contribution is 9.08. The van der Waals surface area contributed by atoms with Crippen LogP contribution in [-0.4, -0.2) is 0 Å². The molecule has 1 heteroatoms. The van der Waals surface area contributed by atoms with Crippen molar-refractivity contribution < 1.29 is 0 Å². The van der Waals surface area contributed by atoms with E-state index in [0.29, 0.717) is 11.8 Å². The molecule has 0 saturated carbocycles. The van der Waals surface area contributed by atoms with Gasteiger partial charge in [-0.15, -0.1) is 0 Å². The van der Waals surface area contributed by atoms with Gasteiger partial charge in [0.2, 0.25) is 0 Å². The molecule has 1 aromatic rings. The molecular weight excluding hydrogens is 260 g/mol. The van der Waals surface area contributed by atoms with Crippen molar-refractivity contribution in [3.63, 3.8) is 0 Å². The molecule has 2 atom stereocenters. The summed E-state index contributed by atoms with van der Waals surface area (Å²) in [7, 11) is 0. The van der Waals surface area contributed by atoms with Crippen molar-refractivity contribution in [1.29, 1.82) is 0 Å². The van der Waals surface area contributed by atoms with Gasteiger partial charge in [0.25, 0.3) is 0 Å². The quantitative estimate of drug-likeness (QED) is 0.616. The largest absolute Gasteiger partial charge is 0.0876 e. The Hall–Kier alpha value is -0.300. The summed E-state index contributed by atoms with van der Waals surface area (Å²) in [6, 6.07) is 6.99. The Bertz CT molecular complexity index is 330. The fourth-order valence-corrected chi connectivity index (χ4v) is 2.47. The van der Waals surface area contributed by atoms with E-state index in [1.807, 2.05) is 0 Å². The number of alkyl halides is 1. The second kappa shape index (κ2) is 6.44. The molecule has 0 fully saturated rings. The Morgan fingerprint density at radius 2 is 1.69 bits per heavy atom. The Labute approximate surface area is 109 Å². The first-order valence-corrected chi connectivity index (χ1v) is 7.44. The van der Waals surface area contributed by atoms with Gasteiger partial charge < -0.3 is 0 Å². The molecule has 16 heavy (non-hydrogen) atoms. The standard InChI is InChI=1S/C15H23Br/c1-5-11(3)13-7-8-14(10-16)15(9-13)12(4)6-2/h7-9,11-12H,5-6,10H2,1-4H3. The van der Waals surface area contributed by atoms with Crippen LogP contribution in [0.15, 0.2) is 18.2 Å². The minimum atomic E-state index is 0.663. The maximum absolute atomic E-state index is 3.58. The van der Waals surface area contributed by atoms with Crippen LogP contribution in [0.25, 0.3) is 0 Å². The molecule has 0 heterocycles. The second-order valence-electron chi connectivity index (χ2n) is 4.71. The van der Waals surface area contributed by atoms with Crippen LogP contribution >= 0.6 is 15.9 Å². The first kappa shape index (κ1) is 13.8. The highest BCUT2D eigenvalue weighted by Crippen LogP contribution is 2.29. The van der Waals surface area contributed by atoms with E-state index in [0.717, 1.165) is 5.33 Å². The van der Waals surface area contributed by atoms with E-state index in [4.69, 9.17) is 0 Å². The lowest BCUT2D eigenvalue weighted by molar-refractivity contribution is 0.707. The predicted molar refractivity (Wildman–Crippen MR) is 76.5 cm³/mol. The number of halogens is 1. The average Bonchev–Trinajstić information content (AvgIpc) is 2.35. The molecule has 90 valence electrons. The molecule has 0 aromatic heterocycles. The summed E-state index contributed by atoms with van der Waals surface area (Å²) in [5, 5.41) is 0.966. The molecule has 2 unspecified atom stereocenters. The summed E-state index contributed by atoms with van der Waals surface area (Å²) in [6.07, 6.45) is 2.43. The summed E-state index contributed by atoms with van der Waals surface area (Å²) < 4.78 is 0. The van der Waals surface area contributed by atoms with Crippen LogP contribution in [0.4, 0.5) is 0 Å². The van der Waals surface area contributed by atoms with Crippen LogP contribution in [0, 0.1) is 0 Å². The fraction of sp³-hybridized carbons (Fsp3) is 0.600. The van der Waals surface area contributed by atoms with E-state index in [-0.39, 0.29) is 0 Å². The van der Waals surface area contributed by atoms with Gasteiger partial charge in [0.05, 0.1) is 0 Å². The van der Waals surface area contributed by atoms with E-state index in [2.05, 4.69) is 61.8 Å². The Balaban J connectivity index is 3.10. The molecule has 0 amide bonds. The van der Waals surface area contributed by atoms with Gasteiger partial charge in [-0.2, -0.15) is 0 Å². The van der Waals surface area contributed by atoms with Gasteiger partial charge >= 0.3 is 0 Å².